The molecule has 0 saturated heterocycles. The van der Waals surface area contributed by atoms with Crippen molar-refractivity contribution in [2.75, 3.05) is 6.54 Å². The van der Waals surface area contributed by atoms with Gasteiger partial charge in [-0.15, -0.1) is 0 Å². The maximum atomic E-state index is 13.1. The van der Waals surface area contributed by atoms with Crippen molar-refractivity contribution in [3.63, 3.8) is 0 Å². The monoisotopic (exact) mass is 257 g/mol. The van der Waals surface area contributed by atoms with Crippen molar-refractivity contribution in [3.05, 3.63) is 34.2 Å². The fourth-order valence-corrected chi connectivity index (χ4v) is 1.72. The van der Waals surface area contributed by atoms with Crippen LogP contribution in [-0.4, -0.2) is 6.54 Å². The van der Waals surface area contributed by atoms with Gasteiger partial charge in [0.1, 0.15) is 17.2 Å². The second-order valence-corrected chi connectivity index (χ2v) is 3.91. The number of furan rings is 1. The smallest absolute Gasteiger partial charge is 0.141 e. The number of benzene rings is 1. The molecule has 0 aliphatic carbocycles. The SMILES string of the molecule is NCCc1cc2cc(Br)c(F)cc2o1. The van der Waals surface area contributed by atoms with Gasteiger partial charge >= 0.3 is 0 Å². The summed E-state index contributed by atoms with van der Waals surface area (Å²) in [6.07, 6.45) is 0.675. The first-order chi connectivity index (χ1) is 6.70. The zero-order chi connectivity index (χ0) is 10.1. The van der Waals surface area contributed by atoms with Gasteiger partial charge in [0.15, 0.2) is 0 Å². The molecule has 0 radical (unpaired) electrons. The lowest BCUT2D eigenvalue weighted by Gasteiger charge is -1.92. The van der Waals surface area contributed by atoms with E-state index in [0.29, 0.717) is 23.0 Å². The van der Waals surface area contributed by atoms with E-state index < -0.39 is 0 Å². The number of nitrogens with two attached hydrogens (primary N) is 1. The minimum atomic E-state index is -0.314. The Hall–Kier alpha value is -0.870. The Morgan fingerprint density at radius 1 is 1.36 bits per heavy atom. The molecule has 0 unspecified atom stereocenters. The van der Waals surface area contributed by atoms with E-state index in [1.165, 1.54) is 6.07 Å². The Balaban J connectivity index is 2.54. The predicted molar refractivity (Wildman–Crippen MR) is 56.6 cm³/mol. The lowest BCUT2D eigenvalue weighted by Crippen LogP contribution is -2.01. The van der Waals surface area contributed by atoms with Crippen LogP contribution in [0.25, 0.3) is 11.0 Å². The molecule has 14 heavy (non-hydrogen) atoms. The van der Waals surface area contributed by atoms with Gasteiger partial charge in [0.2, 0.25) is 0 Å². The van der Waals surface area contributed by atoms with Crippen LogP contribution in [0, 0.1) is 5.82 Å². The number of fused-ring (bicyclic) bond motifs is 1. The Bertz CT molecular complexity index is 427. The van der Waals surface area contributed by atoms with Crippen LogP contribution in [-0.2, 0) is 6.42 Å². The molecule has 0 spiro atoms. The van der Waals surface area contributed by atoms with Crippen molar-refractivity contribution in [1.29, 1.82) is 0 Å². The van der Waals surface area contributed by atoms with Crippen LogP contribution >= 0.6 is 15.9 Å². The summed E-state index contributed by atoms with van der Waals surface area (Å²) in [7, 11) is 0. The van der Waals surface area contributed by atoms with Crippen LogP contribution in [0.5, 0.6) is 0 Å². The lowest BCUT2D eigenvalue weighted by molar-refractivity contribution is 0.545. The summed E-state index contributed by atoms with van der Waals surface area (Å²) in [5.41, 5.74) is 5.96. The number of hydrogen-bond donors (Lipinski definition) is 1. The minimum Gasteiger partial charge on any atom is -0.461 e. The van der Waals surface area contributed by atoms with Gasteiger partial charge in [-0.1, -0.05) is 0 Å². The molecule has 0 fully saturated rings. The van der Waals surface area contributed by atoms with E-state index in [1.807, 2.05) is 6.07 Å². The van der Waals surface area contributed by atoms with Gasteiger partial charge in [-0.3, -0.25) is 0 Å². The normalized spacial score (nSPS) is 11.1. The fraction of sp³-hybridized carbons (Fsp3) is 0.200. The van der Waals surface area contributed by atoms with Crippen LogP contribution in [0.1, 0.15) is 5.76 Å². The van der Waals surface area contributed by atoms with Crippen molar-refractivity contribution >= 4 is 26.9 Å². The van der Waals surface area contributed by atoms with Crippen molar-refractivity contribution in [1.82, 2.24) is 0 Å². The summed E-state index contributed by atoms with van der Waals surface area (Å²) in [6, 6.07) is 4.96. The molecule has 74 valence electrons. The van der Waals surface area contributed by atoms with Gasteiger partial charge in [-0.2, -0.15) is 0 Å². The molecule has 1 aromatic carbocycles. The lowest BCUT2D eigenvalue weighted by atomic mass is 10.2. The molecule has 2 nitrogen and oxygen atoms in total. The topological polar surface area (TPSA) is 39.2 Å². The summed E-state index contributed by atoms with van der Waals surface area (Å²) < 4.78 is 19.0. The number of hydrogen-bond acceptors (Lipinski definition) is 2. The third-order valence-electron chi connectivity index (χ3n) is 2.00. The Kier molecular flexibility index (Phi) is 2.56. The molecule has 0 saturated carbocycles. The number of halogens is 2. The maximum Gasteiger partial charge on any atom is 0.141 e. The van der Waals surface area contributed by atoms with Crippen LogP contribution in [0.15, 0.2) is 27.1 Å². The summed E-state index contributed by atoms with van der Waals surface area (Å²) in [4.78, 5) is 0. The molecule has 0 amide bonds. The van der Waals surface area contributed by atoms with Gasteiger partial charge in [-0.25, -0.2) is 4.39 Å². The largest absolute Gasteiger partial charge is 0.461 e. The van der Waals surface area contributed by atoms with Crippen LogP contribution in [0.3, 0.4) is 0 Å². The van der Waals surface area contributed by atoms with Gasteiger partial charge in [0.05, 0.1) is 4.47 Å². The average molecular weight is 258 g/mol. The second kappa shape index (κ2) is 3.71. The summed E-state index contributed by atoms with van der Waals surface area (Å²) in [5, 5.41) is 0.890. The number of rotatable bonds is 2. The third kappa shape index (κ3) is 1.67. The van der Waals surface area contributed by atoms with E-state index in [4.69, 9.17) is 10.2 Å². The first-order valence-corrected chi connectivity index (χ1v) is 5.07. The fourth-order valence-electron chi connectivity index (χ4n) is 1.35. The van der Waals surface area contributed by atoms with E-state index in [-0.39, 0.29) is 5.82 Å². The predicted octanol–water partition coefficient (Wildman–Crippen LogP) is 2.84. The highest BCUT2D eigenvalue weighted by Gasteiger charge is 2.07. The first kappa shape index (κ1) is 9.68. The first-order valence-electron chi connectivity index (χ1n) is 4.28. The van der Waals surface area contributed by atoms with E-state index in [9.17, 15) is 4.39 Å². The summed E-state index contributed by atoms with van der Waals surface area (Å²) in [5.74, 6) is 0.478. The van der Waals surface area contributed by atoms with Crippen LogP contribution in [0.4, 0.5) is 4.39 Å². The average Bonchev–Trinajstić information content (AvgIpc) is 2.48. The van der Waals surface area contributed by atoms with Crippen molar-refractivity contribution in [2.24, 2.45) is 5.73 Å². The van der Waals surface area contributed by atoms with Crippen LogP contribution in [0.2, 0.25) is 0 Å². The van der Waals surface area contributed by atoms with E-state index in [1.54, 1.807) is 6.07 Å². The molecule has 0 atom stereocenters. The summed E-state index contributed by atoms with van der Waals surface area (Å²) >= 11 is 3.12. The van der Waals surface area contributed by atoms with Gasteiger partial charge in [0, 0.05) is 17.9 Å². The second-order valence-electron chi connectivity index (χ2n) is 3.06. The van der Waals surface area contributed by atoms with Crippen molar-refractivity contribution in [3.8, 4) is 0 Å². The molecule has 0 aliphatic rings. The van der Waals surface area contributed by atoms with Crippen LogP contribution < -0.4 is 5.73 Å². The zero-order valence-corrected chi connectivity index (χ0v) is 8.97. The molecule has 4 heteroatoms. The Morgan fingerprint density at radius 3 is 2.86 bits per heavy atom. The van der Waals surface area contributed by atoms with Gasteiger partial charge < -0.3 is 10.2 Å². The van der Waals surface area contributed by atoms with Gasteiger partial charge in [-0.05, 0) is 34.6 Å². The Labute approximate surface area is 89.0 Å². The summed E-state index contributed by atoms with van der Waals surface area (Å²) in [6.45, 7) is 0.531. The molecule has 2 N–H and O–H groups in total. The van der Waals surface area contributed by atoms with Crippen molar-refractivity contribution in [2.45, 2.75) is 6.42 Å². The molecule has 1 heterocycles. The quantitative estimate of drug-likeness (QED) is 0.899. The standard InChI is InChI=1S/C10H9BrFNO/c11-8-4-6-3-7(1-2-13)14-10(6)5-9(8)12/h3-5H,1-2,13H2. The maximum absolute atomic E-state index is 13.1. The highest BCUT2D eigenvalue weighted by Crippen LogP contribution is 2.26. The zero-order valence-electron chi connectivity index (χ0n) is 7.39. The third-order valence-corrected chi connectivity index (χ3v) is 2.61. The van der Waals surface area contributed by atoms with Crippen molar-refractivity contribution < 1.29 is 8.81 Å². The van der Waals surface area contributed by atoms with E-state index in [0.717, 1.165) is 11.1 Å². The minimum absolute atomic E-state index is 0.314. The van der Waals surface area contributed by atoms with Gasteiger partial charge in [0.25, 0.3) is 0 Å². The Morgan fingerprint density at radius 2 is 2.14 bits per heavy atom. The van der Waals surface area contributed by atoms with E-state index in [2.05, 4.69) is 15.9 Å². The molecule has 1 aromatic heterocycles. The molecule has 2 rings (SSSR count). The highest BCUT2D eigenvalue weighted by molar-refractivity contribution is 9.10. The molecular weight excluding hydrogens is 249 g/mol. The molecule has 0 aliphatic heterocycles. The molecular formula is C10H9BrFNO. The van der Waals surface area contributed by atoms with E-state index >= 15 is 0 Å². The highest BCUT2D eigenvalue weighted by atomic mass is 79.9. The molecule has 0 bridgehead atoms. The molecule has 2 aromatic rings.